The summed E-state index contributed by atoms with van der Waals surface area (Å²) in [5.74, 6) is 1.97. The fraction of sp³-hybridized carbons (Fsp3) is 0.419. The maximum absolute atomic E-state index is 13.8. The minimum Gasteiger partial charge on any atom is -0.493 e. The molecule has 0 spiro atoms. The lowest BCUT2D eigenvalue weighted by Crippen LogP contribution is -2.49. The smallest absolute Gasteiger partial charge is 0.242 e. The van der Waals surface area contributed by atoms with E-state index in [1.54, 1.807) is 25.4 Å². The number of rotatable bonds is 12. The van der Waals surface area contributed by atoms with Crippen molar-refractivity contribution >= 4 is 11.8 Å². The van der Waals surface area contributed by atoms with Gasteiger partial charge in [-0.2, -0.15) is 0 Å². The fourth-order valence-electron chi connectivity index (χ4n) is 5.11. The summed E-state index contributed by atoms with van der Waals surface area (Å²) in [6.07, 6.45) is 7.79. The Bertz CT molecular complexity index is 1160. The van der Waals surface area contributed by atoms with E-state index >= 15 is 0 Å². The van der Waals surface area contributed by atoms with Crippen LogP contribution in [0.3, 0.4) is 0 Å². The van der Waals surface area contributed by atoms with Gasteiger partial charge >= 0.3 is 0 Å². The summed E-state index contributed by atoms with van der Waals surface area (Å²) >= 11 is 0. The first-order chi connectivity index (χ1) is 18.6. The van der Waals surface area contributed by atoms with E-state index in [1.165, 1.54) is 6.42 Å². The van der Waals surface area contributed by atoms with Crippen LogP contribution in [0.5, 0.6) is 11.5 Å². The van der Waals surface area contributed by atoms with Crippen molar-refractivity contribution in [2.45, 2.75) is 57.5 Å². The molecule has 1 aromatic heterocycles. The first kappa shape index (κ1) is 27.3. The van der Waals surface area contributed by atoms with Gasteiger partial charge in [-0.3, -0.25) is 9.59 Å². The van der Waals surface area contributed by atoms with Gasteiger partial charge in [0.05, 0.1) is 33.4 Å². The van der Waals surface area contributed by atoms with E-state index in [4.69, 9.17) is 13.9 Å². The topological polar surface area (TPSA) is 72.2 Å². The molecule has 1 aliphatic carbocycles. The molecule has 0 saturated heterocycles. The molecule has 0 atom stereocenters. The van der Waals surface area contributed by atoms with Gasteiger partial charge in [0.1, 0.15) is 12.3 Å². The molecule has 7 heteroatoms. The normalized spacial score (nSPS) is 13.6. The highest BCUT2D eigenvalue weighted by Gasteiger charge is 2.29. The predicted octanol–water partition coefficient (Wildman–Crippen LogP) is 5.27. The van der Waals surface area contributed by atoms with Gasteiger partial charge in [0.15, 0.2) is 11.5 Å². The maximum Gasteiger partial charge on any atom is 0.242 e. The Morgan fingerprint density at radius 1 is 0.868 bits per heavy atom. The zero-order valence-corrected chi connectivity index (χ0v) is 22.4. The highest BCUT2D eigenvalue weighted by molar-refractivity contribution is 5.86. The van der Waals surface area contributed by atoms with E-state index in [-0.39, 0.29) is 24.4 Å². The number of hydrogen-bond donors (Lipinski definition) is 0. The average Bonchev–Trinajstić information content (AvgIpc) is 3.48. The second-order valence-corrected chi connectivity index (χ2v) is 9.81. The van der Waals surface area contributed by atoms with Crippen molar-refractivity contribution in [3.8, 4) is 11.5 Å². The Morgan fingerprint density at radius 2 is 1.63 bits per heavy atom. The van der Waals surface area contributed by atoms with Crippen LogP contribution in [0.1, 0.15) is 49.0 Å². The summed E-state index contributed by atoms with van der Waals surface area (Å²) in [7, 11) is 3.22. The lowest BCUT2D eigenvalue weighted by atomic mass is 9.93. The van der Waals surface area contributed by atoms with Gasteiger partial charge < -0.3 is 23.7 Å². The molecular weight excluding hydrogens is 480 g/mol. The molecule has 0 N–H and O–H groups in total. The van der Waals surface area contributed by atoms with Crippen LogP contribution in [0.2, 0.25) is 0 Å². The van der Waals surface area contributed by atoms with E-state index < -0.39 is 0 Å². The first-order valence-corrected chi connectivity index (χ1v) is 13.4. The summed E-state index contributed by atoms with van der Waals surface area (Å²) in [5.41, 5.74) is 2.00. The zero-order valence-electron chi connectivity index (χ0n) is 22.4. The van der Waals surface area contributed by atoms with Crippen LogP contribution in [0.4, 0.5) is 0 Å². The Labute approximate surface area is 225 Å². The minimum atomic E-state index is -0.0751. The first-order valence-electron chi connectivity index (χ1n) is 13.4. The molecule has 1 fully saturated rings. The Morgan fingerprint density at radius 3 is 2.32 bits per heavy atom. The molecule has 1 aliphatic rings. The molecular formula is C31H38N2O5. The molecule has 0 aliphatic heterocycles. The van der Waals surface area contributed by atoms with E-state index in [2.05, 4.69) is 0 Å². The number of hydrogen-bond acceptors (Lipinski definition) is 5. The number of carbonyl (C=O) groups excluding carboxylic acids is 2. The summed E-state index contributed by atoms with van der Waals surface area (Å²) in [6.45, 7) is 0.911. The van der Waals surface area contributed by atoms with Crippen molar-refractivity contribution in [3.63, 3.8) is 0 Å². The van der Waals surface area contributed by atoms with Crippen LogP contribution >= 0.6 is 0 Å². The van der Waals surface area contributed by atoms with Crippen molar-refractivity contribution in [1.29, 1.82) is 0 Å². The molecule has 0 unspecified atom stereocenters. The molecule has 0 bridgehead atoms. The molecule has 0 radical (unpaired) electrons. The zero-order chi connectivity index (χ0) is 26.7. The van der Waals surface area contributed by atoms with Gasteiger partial charge in [0.25, 0.3) is 0 Å². The lowest BCUT2D eigenvalue weighted by Gasteiger charge is -2.35. The third-order valence-corrected chi connectivity index (χ3v) is 7.24. The van der Waals surface area contributed by atoms with Crippen molar-refractivity contribution in [2.24, 2.45) is 0 Å². The molecule has 2 amide bonds. The summed E-state index contributed by atoms with van der Waals surface area (Å²) < 4.78 is 16.4. The SMILES string of the molecule is COc1ccc(CCN(Cc2ccco2)C(=O)CN(C(=O)Cc2ccccc2)C2CCCCC2)cc1OC. The maximum atomic E-state index is 13.8. The standard InChI is InChI=1S/C31H38N2O5/c1-36-28-16-15-25(20-29(28)37-2)17-18-32(22-27-14-9-19-38-27)31(35)23-33(26-12-7-4-8-13-26)30(34)21-24-10-5-3-6-11-24/h3,5-6,9-11,14-16,19-20,26H,4,7-8,12-13,17-18,21-23H2,1-2H3. The van der Waals surface area contributed by atoms with Crippen LogP contribution in [0.25, 0.3) is 0 Å². The number of benzene rings is 2. The minimum absolute atomic E-state index is 0.00860. The van der Waals surface area contributed by atoms with Gasteiger partial charge in [-0.15, -0.1) is 0 Å². The Balaban J connectivity index is 1.50. The quantitative estimate of drug-likeness (QED) is 0.327. The molecule has 3 aromatic rings. The highest BCUT2D eigenvalue weighted by Crippen LogP contribution is 2.28. The van der Waals surface area contributed by atoms with Gasteiger partial charge in [-0.05, 0) is 54.7 Å². The summed E-state index contributed by atoms with van der Waals surface area (Å²) in [5, 5.41) is 0. The summed E-state index contributed by atoms with van der Waals surface area (Å²) in [4.78, 5) is 30.9. The number of carbonyl (C=O) groups is 2. The molecule has 4 rings (SSSR count). The van der Waals surface area contributed by atoms with Crippen LogP contribution in [-0.2, 0) is 29.0 Å². The Kier molecular flexibility index (Phi) is 9.84. The third-order valence-electron chi connectivity index (χ3n) is 7.24. The van der Waals surface area contributed by atoms with Gasteiger partial charge in [0.2, 0.25) is 11.8 Å². The van der Waals surface area contributed by atoms with Crippen molar-refractivity contribution in [2.75, 3.05) is 27.3 Å². The van der Waals surface area contributed by atoms with E-state index in [0.29, 0.717) is 43.2 Å². The molecule has 1 saturated carbocycles. The highest BCUT2D eigenvalue weighted by atomic mass is 16.5. The second-order valence-electron chi connectivity index (χ2n) is 9.81. The molecule has 38 heavy (non-hydrogen) atoms. The van der Waals surface area contributed by atoms with Gasteiger partial charge in [0, 0.05) is 12.6 Å². The predicted molar refractivity (Wildman–Crippen MR) is 146 cm³/mol. The second kappa shape index (κ2) is 13.7. The molecule has 202 valence electrons. The fourth-order valence-corrected chi connectivity index (χ4v) is 5.11. The lowest BCUT2D eigenvalue weighted by molar-refractivity contribution is -0.143. The van der Waals surface area contributed by atoms with Crippen LogP contribution in [0, 0.1) is 0 Å². The molecule has 7 nitrogen and oxygen atoms in total. The molecule has 2 aromatic carbocycles. The molecule has 1 heterocycles. The van der Waals surface area contributed by atoms with Crippen LogP contribution < -0.4 is 9.47 Å². The van der Waals surface area contributed by atoms with Gasteiger partial charge in [-0.25, -0.2) is 0 Å². The van der Waals surface area contributed by atoms with Crippen molar-refractivity contribution < 1.29 is 23.5 Å². The monoisotopic (exact) mass is 518 g/mol. The number of nitrogens with zero attached hydrogens (tertiary/aromatic N) is 2. The number of amides is 2. The average molecular weight is 519 g/mol. The van der Waals surface area contributed by atoms with Crippen molar-refractivity contribution in [3.05, 3.63) is 83.8 Å². The summed E-state index contributed by atoms with van der Waals surface area (Å²) in [6, 6.07) is 19.3. The number of methoxy groups -OCH3 is 2. The number of ether oxygens (including phenoxy) is 2. The Hall–Kier alpha value is -3.74. The van der Waals surface area contributed by atoms with Crippen LogP contribution in [0.15, 0.2) is 71.3 Å². The van der Waals surface area contributed by atoms with E-state index in [0.717, 1.165) is 36.8 Å². The van der Waals surface area contributed by atoms with Crippen molar-refractivity contribution in [1.82, 2.24) is 9.80 Å². The largest absolute Gasteiger partial charge is 0.493 e. The van der Waals surface area contributed by atoms with Gasteiger partial charge in [-0.1, -0.05) is 55.7 Å². The van der Waals surface area contributed by atoms with E-state index in [1.807, 2.05) is 65.6 Å². The van der Waals surface area contributed by atoms with E-state index in [9.17, 15) is 9.59 Å². The van der Waals surface area contributed by atoms with Crippen LogP contribution in [-0.4, -0.2) is 55.0 Å². The third kappa shape index (κ3) is 7.40. The number of furan rings is 1.